The number of amides is 1. The molecule has 0 aromatic heterocycles. The van der Waals surface area contributed by atoms with E-state index in [4.69, 9.17) is 23.2 Å². The number of carbonyl (C=O) groups excluding carboxylic acids is 1. The van der Waals surface area contributed by atoms with Crippen LogP contribution in [0.4, 0.5) is 11.4 Å². The van der Waals surface area contributed by atoms with Gasteiger partial charge in [0.05, 0.1) is 27.7 Å². The number of aryl methyl sites for hydroxylation is 1. The van der Waals surface area contributed by atoms with Crippen molar-refractivity contribution in [1.29, 1.82) is 0 Å². The first kappa shape index (κ1) is 20.6. The maximum atomic E-state index is 12.8. The van der Waals surface area contributed by atoms with E-state index in [0.717, 1.165) is 16.1 Å². The first-order valence-corrected chi connectivity index (χ1v) is 10.6. The van der Waals surface area contributed by atoms with Gasteiger partial charge in [-0.3, -0.25) is 9.10 Å². The quantitative estimate of drug-likeness (QED) is 0.756. The van der Waals surface area contributed by atoms with Crippen LogP contribution < -0.4 is 9.62 Å². The van der Waals surface area contributed by atoms with Crippen molar-refractivity contribution >= 4 is 50.5 Å². The van der Waals surface area contributed by atoms with Gasteiger partial charge in [-0.25, -0.2) is 8.42 Å². The SMILES string of the molecule is CCC(C(=O)Nc1cccc(Cl)c1Cl)N(c1ccc(C)cc1)S(C)(=O)=O. The molecule has 0 saturated heterocycles. The van der Waals surface area contributed by atoms with Gasteiger partial charge in [-0.15, -0.1) is 0 Å². The van der Waals surface area contributed by atoms with E-state index in [1.54, 1.807) is 49.4 Å². The third kappa shape index (κ3) is 4.69. The Bertz CT molecular complexity index is 899. The third-order valence-corrected chi connectivity index (χ3v) is 5.83. The van der Waals surface area contributed by atoms with Gasteiger partial charge in [0.1, 0.15) is 6.04 Å². The summed E-state index contributed by atoms with van der Waals surface area (Å²) < 4.78 is 25.9. The van der Waals surface area contributed by atoms with Crippen LogP contribution in [0.2, 0.25) is 10.0 Å². The van der Waals surface area contributed by atoms with Crippen molar-refractivity contribution in [2.24, 2.45) is 0 Å². The highest BCUT2D eigenvalue weighted by Gasteiger charge is 2.31. The Morgan fingerprint density at radius 2 is 1.77 bits per heavy atom. The molecule has 0 aliphatic rings. The molecule has 2 aromatic carbocycles. The smallest absolute Gasteiger partial charge is 0.248 e. The van der Waals surface area contributed by atoms with Gasteiger partial charge >= 0.3 is 0 Å². The fourth-order valence-electron chi connectivity index (χ4n) is 2.57. The van der Waals surface area contributed by atoms with E-state index in [9.17, 15) is 13.2 Å². The van der Waals surface area contributed by atoms with E-state index < -0.39 is 22.0 Å². The zero-order chi connectivity index (χ0) is 19.5. The highest BCUT2D eigenvalue weighted by molar-refractivity contribution is 7.92. The lowest BCUT2D eigenvalue weighted by molar-refractivity contribution is -0.117. The summed E-state index contributed by atoms with van der Waals surface area (Å²) in [7, 11) is -3.68. The first-order chi connectivity index (χ1) is 12.1. The second kappa shape index (κ2) is 8.29. The van der Waals surface area contributed by atoms with Crippen LogP contribution in [0.5, 0.6) is 0 Å². The zero-order valence-corrected chi connectivity index (χ0v) is 17.0. The minimum Gasteiger partial charge on any atom is -0.323 e. The Kier molecular flexibility index (Phi) is 6.55. The molecule has 0 bridgehead atoms. The second-order valence-electron chi connectivity index (χ2n) is 5.91. The highest BCUT2D eigenvalue weighted by Crippen LogP contribution is 2.30. The number of anilines is 2. The van der Waals surface area contributed by atoms with Crippen LogP contribution >= 0.6 is 23.2 Å². The third-order valence-electron chi connectivity index (χ3n) is 3.83. The Hall–Kier alpha value is -1.76. The normalized spacial score (nSPS) is 12.5. The lowest BCUT2D eigenvalue weighted by Crippen LogP contribution is -2.47. The topological polar surface area (TPSA) is 66.5 Å². The fraction of sp³-hybridized carbons (Fsp3) is 0.278. The van der Waals surface area contributed by atoms with Crippen LogP contribution in [-0.4, -0.2) is 26.6 Å². The second-order valence-corrected chi connectivity index (χ2v) is 8.55. The molecule has 1 N–H and O–H groups in total. The largest absolute Gasteiger partial charge is 0.323 e. The van der Waals surface area contributed by atoms with Crippen molar-refractivity contribution in [1.82, 2.24) is 0 Å². The maximum Gasteiger partial charge on any atom is 0.248 e. The van der Waals surface area contributed by atoms with Gasteiger partial charge in [0, 0.05) is 0 Å². The minimum absolute atomic E-state index is 0.207. The molecule has 0 aliphatic carbocycles. The average Bonchev–Trinajstić information content (AvgIpc) is 2.56. The summed E-state index contributed by atoms with van der Waals surface area (Å²) in [6.07, 6.45) is 1.36. The molecule has 1 unspecified atom stereocenters. The molecule has 1 amide bonds. The van der Waals surface area contributed by atoms with Gasteiger partial charge in [0.2, 0.25) is 15.9 Å². The number of benzene rings is 2. The number of hydrogen-bond donors (Lipinski definition) is 1. The van der Waals surface area contributed by atoms with Gasteiger partial charge < -0.3 is 5.32 Å². The van der Waals surface area contributed by atoms with Crippen molar-refractivity contribution in [3.05, 3.63) is 58.1 Å². The van der Waals surface area contributed by atoms with Crippen LogP contribution in [-0.2, 0) is 14.8 Å². The summed E-state index contributed by atoms with van der Waals surface area (Å²) >= 11 is 12.1. The van der Waals surface area contributed by atoms with Crippen LogP contribution in [0.15, 0.2) is 42.5 Å². The lowest BCUT2D eigenvalue weighted by atomic mass is 10.1. The highest BCUT2D eigenvalue weighted by atomic mass is 35.5. The molecule has 1 atom stereocenters. The molecule has 8 heteroatoms. The van der Waals surface area contributed by atoms with Crippen molar-refractivity contribution in [3.63, 3.8) is 0 Å². The maximum absolute atomic E-state index is 12.8. The Morgan fingerprint density at radius 1 is 1.15 bits per heavy atom. The molecule has 0 saturated carbocycles. The first-order valence-electron chi connectivity index (χ1n) is 7.96. The molecule has 26 heavy (non-hydrogen) atoms. The molecule has 0 spiro atoms. The Morgan fingerprint density at radius 3 is 2.31 bits per heavy atom. The predicted molar refractivity (Wildman–Crippen MR) is 108 cm³/mol. The number of hydrogen-bond acceptors (Lipinski definition) is 3. The minimum atomic E-state index is -3.68. The summed E-state index contributed by atoms with van der Waals surface area (Å²) in [6.45, 7) is 3.65. The van der Waals surface area contributed by atoms with Gasteiger partial charge in [-0.1, -0.05) is 53.9 Å². The van der Waals surface area contributed by atoms with Crippen LogP contribution in [0.25, 0.3) is 0 Å². The van der Waals surface area contributed by atoms with Gasteiger partial charge in [-0.05, 0) is 37.6 Å². The van der Waals surface area contributed by atoms with E-state index >= 15 is 0 Å². The molecule has 2 rings (SSSR count). The number of sulfonamides is 1. The molecule has 2 aromatic rings. The summed E-state index contributed by atoms with van der Waals surface area (Å²) in [5.74, 6) is -0.484. The number of nitrogens with one attached hydrogen (secondary N) is 1. The zero-order valence-electron chi connectivity index (χ0n) is 14.7. The summed E-state index contributed by atoms with van der Waals surface area (Å²) in [6, 6.07) is 10.9. The van der Waals surface area contributed by atoms with Crippen LogP contribution in [0.1, 0.15) is 18.9 Å². The van der Waals surface area contributed by atoms with E-state index in [2.05, 4.69) is 5.32 Å². The van der Waals surface area contributed by atoms with E-state index in [-0.39, 0.29) is 11.4 Å². The average molecular weight is 415 g/mol. The van der Waals surface area contributed by atoms with Crippen molar-refractivity contribution in [2.45, 2.75) is 26.3 Å². The molecule has 5 nitrogen and oxygen atoms in total. The van der Waals surface area contributed by atoms with Crippen molar-refractivity contribution in [2.75, 3.05) is 15.9 Å². The van der Waals surface area contributed by atoms with Gasteiger partial charge in [0.15, 0.2) is 0 Å². The monoisotopic (exact) mass is 414 g/mol. The molecule has 0 heterocycles. The number of carbonyl (C=O) groups is 1. The van der Waals surface area contributed by atoms with E-state index in [1.807, 2.05) is 6.92 Å². The molecule has 0 radical (unpaired) electrons. The predicted octanol–water partition coefficient (Wildman–Crippen LogP) is 4.49. The summed E-state index contributed by atoms with van der Waals surface area (Å²) in [5.41, 5.74) is 1.75. The lowest BCUT2D eigenvalue weighted by Gasteiger charge is -2.30. The summed E-state index contributed by atoms with van der Waals surface area (Å²) in [5, 5.41) is 3.18. The Labute approximate surface area is 164 Å². The van der Waals surface area contributed by atoms with Crippen molar-refractivity contribution < 1.29 is 13.2 Å². The van der Waals surface area contributed by atoms with Gasteiger partial charge in [-0.2, -0.15) is 0 Å². The van der Waals surface area contributed by atoms with E-state index in [0.29, 0.717) is 16.4 Å². The number of halogens is 2. The number of rotatable bonds is 6. The van der Waals surface area contributed by atoms with Crippen LogP contribution in [0.3, 0.4) is 0 Å². The molecular weight excluding hydrogens is 395 g/mol. The fourth-order valence-corrected chi connectivity index (χ4v) is 4.13. The molecular formula is C18H20Cl2N2O3S. The standard InChI is InChI=1S/C18H20Cl2N2O3S/c1-4-16(18(23)21-15-7-5-6-14(19)17(15)20)22(26(3,24)25)13-10-8-12(2)9-11-13/h5-11,16H,4H2,1-3H3,(H,21,23). The number of nitrogens with zero attached hydrogens (tertiary/aromatic N) is 1. The van der Waals surface area contributed by atoms with Crippen LogP contribution in [0, 0.1) is 6.92 Å². The molecule has 0 aliphatic heterocycles. The van der Waals surface area contributed by atoms with Crippen molar-refractivity contribution in [3.8, 4) is 0 Å². The van der Waals surface area contributed by atoms with Gasteiger partial charge in [0.25, 0.3) is 0 Å². The van der Waals surface area contributed by atoms with E-state index in [1.165, 1.54) is 0 Å². The molecule has 0 fully saturated rings. The molecule has 140 valence electrons. The summed E-state index contributed by atoms with van der Waals surface area (Å²) in [4.78, 5) is 12.8. The Balaban J connectivity index is 2.40.